The van der Waals surface area contributed by atoms with Crippen molar-refractivity contribution in [3.8, 4) is 0 Å². The third kappa shape index (κ3) is 4.67. The summed E-state index contributed by atoms with van der Waals surface area (Å²) in [6.45, 7) is 0.246. The number of nitrogens with one attached hydrogen (secondary N) is 2. The van der Waals surface area contributed by atoms with Gasteiger partial charge in [-0.15, -0.1) is 0 Å². The lowest BCUT2D eigenvalue weighted by molar-refractivity contribution is 0.579. The van der Waals surface area contributed by atoms with Gasteiger partial charge >= 0.3 is 0 Å². The highest BCUT2D eigenvalue weighted by Crippen LogP contribution is 2.06. The average Bonchev–Trinajstić information content (AvgIpc) is 2.34. The van der Waals surface area contributed by atoms with E-state index in [1.165, 1.54) is 12.4 Å². The van der Waals surface area contributed by atoms with Crippen molar-refractivity contribution < 1.29 is 12.6 Å². The van der Waals surface area contributed by atoms with Crippen LogP contribution in [0.25, 0.3) is 0 Å². The van der Waals surface area contributed by atoms with Crippen LogP contribution < -0.4 is 10.0 Å². The van der Waals surface area contributed by atoms with Crippen LogP contribution >= 0.6 is 0 Å². The molecule has 1 unspecified atom stereocenters. The summed E-state index contributed by atoms with van der Waals surface area (Å²) in [6, 6.07) is 0. The van der Waals surface area contributed by atoms with Gasteiger partial charge in [-0.05, 0) is 6.42 Å². The van der Waals surface area contributed by atoms with Crippen LogP contribution in [-0.2, 0) is 20.8 Å². The van der Waals surface area contributed by atoms with Gasteiger partial charge in [-0.2, -0.15) is 0 Å². The second kappa shape index (κ2) is 6.76. The first-order valence-corrected chi connectivity index (χ1v) is 8.46. The summed E-state index contributed by atoms with van der Waals surface area (Å²) >= 11 is 0. The van der Waals surface area contributed by atoms with Crippen LogP contribution in [-0.4, -0.2) is 48.2 Å². The molecule has 0 saturated heterocycles. The maximum atomic E-state index is 11.8. The van der Waals surface area contributed by atoms with Gasteiger partial charge in [0.25, 0.3) is 0 Å². The molecule has 7 nitrogen and oxygen atoms in total. The monoisotopic (exact) mass is 292 g/mol. The molecular formula is C9H16N4O3S2. The number of hydrogen-bond acceptors (Lipinski definition) is 6. The minimum atomic E-state index is -3.58. The van der Waals surface area contributed by atoms with Gasteiger partial charge in [0.05, 0.1) is 12.4 Å². The quantitative estimate of drug-likeness (QED) is 0.661. The average molecular weight is 292 g/mol. The molecule has 0 bridgehead atoms. The maximum absolute atomic E-state index is 11.8. The van der Waals surface area contributed by atoms with Crippen LogP contribution in [0.1, 0.15) is 6.42 Å². The molecule has 0 aliphatic heterocycles. The van der Waals surface area contributed by atoms with Crippen molar-refractivity contribution in [2.75, 3.05) is 30.9 Å². The van der Waals surface area contributed by atoms with E-state index in [4.69, 9.17) is 0 Å². The number of sulfonamides is 1. The normalized spacial score (nSPS) is 13.2. The van der Waals surface area contributed by atoms with E-state index in [-0.39, 0.29) is 11.4 Å². The lowest BCUT2D eigenvalue weighted by Gasteiger charge is -2.06. The Kier molecular flexibility index (Phi) is 5.63. The van der Waals surface area contributed by atoms with Crippen LogP contribution in [0.15, 0.2) is 17.3 Å². The molecule has 18 heavy (non-hydrogen) atoms. The second-order valence-electron chi connectivity index (χ2n) is 3.52. The highest BCUT2D eigenvalue weighted by molar-refractivity contribution is 7.89. The summed E-state index contributed by atoms with van der Waals surface area (Å²) in [6.07, 6.45) is 4.58. The topological polar surface area (TPSA) is 101 Å². The van der Waals surface area contributed by atoms with Gasteiger partial charge in [-0.1, -0.05) is 0 Å². The zero-order valence-corrected chi connectivity index (χ0v) is 11.8. The SMILES string of the molecule is CNc1ncc(S(=O)(=O)NCCCS(C)=O)cn1. The Morgan fingerprint density at radius 1 is 1.33 bits per heavy atom. The highest BCUT2D eigenvalue weighted by atomic mass is 32.2. The van der Waals surface area contributed by atoms with Gasteiger partial charge < -0.3 is 5.32 Å². The Morgan fingerprint density at radius 3 is 2.44 bits per heavy atom. The molecule has 0 aliphatic carbocycles. The molecule has 1 rings (SSSR count). The molecule has 102 valence electrons. The molecule has 2 N–H and O–H groups in total. The smallest absolute Gasteiger partial charge is 0.243 e. The van der Waals surface area contributed by atoms with Crippen molar-refractivity contribution in [2.45, 2.75) is 11.3 Å². The van der Waals surface area contributed by atoms with E-state index < -0.39 is 20.8 Å². The molecule has 0 spiro atoms. The first kappa shape index (κ1) is 15.0. The van der Waals surface area contributed by atoms with Crippen molar-refractivity contribution >= 4 is 26.8 Å². The summed E-state index contributed by atoms with van der Waals surface area (Å²) in [4.78, 5) is 7.67. The lowest BCUT2D eigenvalue weighted by atomic mass is 10.5. The molecule has 0 radical (unpaired) electrons. The van der Waals surface area contributed by atoms with E-state index in [2.05, 4.69) is 20.0 Å². The Balaban J connectivity index is 2.59. The van der Waals surface area contributed by atoms with Crippen molar-refractivity contribution in [2.24, 2.45) is 0 Å². The number of anilines is 1. The first-order valence-electron chi connectivity index (χ1n) is 5.25. The molecule has 1 aromatic rings. The molecule has 1 atom stereocenters. The fraction of sp³-hybridized carbons (Fsp3) is 0.556. The minimum Gasteiger partial charge on any atom is -0.357 e. The predicted octanol–water partition coefficient (Wildman–Crippen LogP) is -0.435. The molecular weight excluding hydrogens is 276 g/mol. The minimum absolute atomic E-state index is 0.0131. The zero-order chi connectivity index (χ0) is 13.6. The molecule has 0 aliphatic rings. The van der Waals surface area contributed by atoms with Crippen molar-refractivity contribution in [3.05, 3.63) is 12.4 Å². The standard InChI is InChI=1S/C9H16N4O3S2/c1-10-9-11-6-8(7-12-9)18(15,16)13-4-3-5-17(2)14/h6-7,13H,3-5H2,1-2H3,(H,10,11,12). The van der Waals surface area contributed by atoms with Crippen LogP contribution in [0, 0.1) is 0 Å². The van der Waals surface area contributed by atoms with Gasteiger partial charge in [0.1, 0.15) is 4.90 Å². The molecule has 1 heterocycles. The van der Waals surface area contributed by atoms with Crippen LogP contribution in [0.4, 0.5) is 5.95 Å². The second-order valence-corrected chi connectivity index (χ2v) is 6.84. The van der Waals surface area contributed by atoms with E-state index in [9.17, 15) is 12.6 Å². The zero-order valence-electron chi connectivity index (χ0n) is 10.2. The summed E-state index contributed by atoms with van der Waals surface area (Å²) in [5.74, 6) is 0.827. The lowest BCUT2D eigenvalue weighted by Crippen LogP contribution is -2.26. The fourth-order valence-electron chi connectivity index (χ4n) is 1.15. The largest absolute Gasteiger partial charge is 0.357 e. The summed E-state index contributed by atoms with van der Waals surface area (Å²) < 4.78 is 36.8. The molecule has 0 amide bonds. The Morgan fingerprint density at radius 2 is 1.94 bits per heavy atom. The third-order valence-corrected chi connectivity index (χ3v) is 4.34. The molecule has 0 fully saturated rings. The van der Waals surface area contributed by atoms with Gasteiger partial charge in [-0.3, -0.25) is 4.21 Å². The number of hydrogen-bond donors (Lipinski definition) is 2. The van der Waals surface area contributed by atoms with Crippen LogP contribution in [0.2, 0.25) is 0 Å². The van der Waals surface area contributed by atoms with Gasteiger partial charge in [0.2, 0.25) is 16.0 Å². The van der Waals surface area contributed by atoms with E-state index in [1.807, 2.05) is 0 Å². The van der Waals surface area contributed by atoms with E-state index in [1.54, 1.807) is 13.3 Å². The Labute approximate surface area is 109 Å². The van der Waals surface area contributed by atoms with E-state index in [0.29, 0.717) is 18.1 Å². The van der Waals surface area contributed by atoms with E-state index >= 15 is 0 Å². The number of nitrogens with zero attached hydrogens (tertiary/aromatic N) is 2. The molecule has 0 saturated carbocycles. The van der Waals surface area contributed by atoms with Crippen molar-refractivity contribution in [1.29, 1.82) is 0 Å². The fourth-order valence-corrected chi connectivity index (χ4v) is 2.66. The van der Waals surface area contributed by atoms with E-state index in [0.717, 1.165) is 0 Å². The third-order valence-electron chi connectivity index (χ3n) is 2.06. The van der Waals surface area contributed by atoms with Gasteiger partial charge in [-0.25, -0.2) is 23.1 Å². The van der Waals surface area contributed by atoms with Gasteiger partial charge in [0.15, 0.2) is 0 Å². The van der Waals surface area contributed by atoms with Crippen LogP contribution in [0.5, 0.6) is 0 Å². The van der Waals surface area contributed by atoms with Gasteiger partial charge in [0, 0.05) is 36.4 Å². The van der Waals surface area contributed by atoms with Crippen molar-refractivity contribution in [1.82, 2.24) is 14.7 Å². The number of aromatic nitrogens is 2. The Bertz CT molecular complexity index is 501. The summed E-state index contributed by atoms with van der Waals surface area (Å²) in [7, 11) is -2.85. The summed E-state index contributed by atoms with van der Waals surface area (Å²) in [5.41, 5.74) is 0. The van der Waals surface area contributed by atoms with Crippen molar-refractivity contribution in [3.63, 3.8) is 0 Å². The first-order chi connectivity index (χ1) is 8.45. The summed E-state index contributed by atoms with van der Waals surface area (Å²) in [5, 5.41) is 2.70. The molecule has 1 aromatic heterocycles. The predicted molar refractivity (Wildman–Crippen MR) is 70.3 cm³/mol. The maximum Gasteiger partial charge on any atom is 0.243 e. The molecule has 9 heteroatoms. The van der Waals surface area contributed by atoms with Crippen LogP contribution in [0.3, 0.4) is 0 Å². The highest BCUT2D eigenvalue weighted by Gasteiger charge is 2.14. The molecule has 0 aromatic carbocycles. The Hall–Kier alpha value is -1.06. The number of rotatable bonds is 7.